The zero-order chi connectivity index (χ0) is 20.4. The molecular formula is C19H19N3O5S. The standard InChI is InChI=1S/C19H19N3O5S/c1-10(23)8-9-22-18(25)14-11(2)15(28-17(14)21-19(22)26)16(24)20-12-6-4-5-7-13(12)27-3/h4-7H,8-9H2,1-3H3,(H,20,24)(H,21,26). The lowest BCUT2D eigenvalue weighted by atomic mass is 10.2. The molecular weight excluding hydrogens is 382 g/mol. The van der Waals surface area contributed by atoms with Gasteiger partial charge in [-0.2, -0.15) is 0 Å². The average molecular weight is 401 g/mol. The number of benzene rings is 1. The second kappa shape index (κ2) is 7.81. The van der Waals surface area contributed by atoms with Crippen LogP contribution in [-0.2, 0) is 11.3 Å². The number of aromatic nitrogens is 2. The van der Waals surface area contributed by atoms with E-state index in [1.165, 1.54) is 14.0 Å². The van der Waals surface area contributed by atoms with E-state index in [2.05, 4.69) is 10.3 Å². The van der Waals surface area contributed by atoms with Crippen molar-refractivity contribution in [2.75, 3.05) is 12.4 Å². The van der Waals surface area contributed by atoms with E-state index in [9.17, 15) is 19.2 Å². The van der Waals surface area contributed by atoms with Crippen molar-refractivity contribution in [2.45, 2.75) is 26.8 Å². The molecule has 2 N–H and O–H groups in total. The molecule has 0 aliphatic carbocycles. The number of aryl methyl sites for hydroxylation is 1. The summed E-state index contributed by atoms with van der Waals surface area (Å²) >= 11 is 1.04. The van der Waals surface area contributed by atoms with Crippen LogP contribution >= 0.6 is 11.3 Å². The van der Waals surface area contributed by atoms with Crippen molar-refractivity contribution >= 4 is 38.9 Å². The Kier molecular flexibility index (Phi) is 5.46. The number of hydrogen-bond acceptors (Lipinski definition) is 6. The highest BCUT2D eigenvalue weighted by molar-refractivity contribution is 7.20. The molecule has 0 fully saturated rings. The number of Topliss-reactive ketones (excluding diaryl/α,β-unsaturated/α-hetero) is 1. The van der Waals surface area contributed by atoms with E-state index in [0.717, 1.165) is 15.9 Å². The molecule has 146 valence electrons. The minimum atomic E-state index is -0.600. The molecule has 28 heavy (non-hydrogen) atoms. The maximum Gasteiger partial charge on any atom is 0.329 e. The van der Waals surface area contributed by atoms with Gasteiger partial charge in [-0.1, -0.05) is 12.1 Å². The first-order valence-corrected chi connectivity index (χ1v) is 9.35. The normalized spacial score (nSPS) is 10.8. The number of hydrogen-bond donors (Lipinski definition) is 2. The predicted molar refractivity (Wildman–Crippen MR) is 108 cm³/mol. The molecule has 3 rings (SSSR count). The monoisotopic (exact) mass is 401 g/mol. The number of amides is 1. The lowest BCUT2D eigenvalue weighted by Gasteiger charge is -2.09. The van der Waals surface area contributed by atoms with E-state index in [1.54, 1.807) is 31.2 Å². The number of rotatable bonds is 6. The summed E-state index contributed by atoms with van der Waals surface area (Å²) < 4.78 is 6.22. The van der Waals surface area contributed by atoms with Crippen LogP contribution in [0.3, 0.4) is 0 Å². The van der Waals surface area contributed by atoms with Gasteiger partial charge < -0.3 is 10.1 Å². The average Bonchev–Trinajstić information content (AvgIpc) is 2.98. The van der Waals surface area contributed by atoms with Gasteiger partial charge in [0.15, 0.2) is 0 Å². The topological polar surface area (TPSA) is 110 Å². The van der Waals surface area contributed by atoms with Gasteiger partial charge in [0.25, 0.3) is 11.5 Å². The van der Waals surface area contributed by atoms with Crippen LogP contribution in [-0.4, -0.2) is 28.4 Å². The van der Waals surface area contributed by atoms with E-state index >= 15 is 0 Å². The molecule has 0 radical (unpaired) electrons. The summed E-state index contributed by atoms with van der Waals surface area (Å²) in [6.45, 7) is 3.05. The first-order chi connectivity index (χ1) is 13.3. The van der Waals surface area contributed by atoms with Crippen molar-refractivity contribution in [3.63, 3.8) is 0 Å². The minimum Gasteiger partial charge on any atom is -0.495 e. The number of anilines is 1. The quantitative estimate of drug-likeness (QED) is 0.659. The molecule has 1 aromatic carbocycles. The van der Waals surface area contributed by atoms with Crippen molar-refractivity contribution in [2.24, 2.45) is 0 Å². The lowest BCUT2D eigenvalue weighted by Crippen LogP contribution is -2.35. The van der Waals surface area contributed by atoms with Gasteiger partial charge in [-0.15, -0.1) is 11.3 Å². The van der Waals surface area contributed by atoms with E-state index in [1.807, 2.05) is 0 Å². The number of ether oxygens (including phenoxy) is 1. The molecule has 0 saturated carbocycles. The van der Waals surface area contributed by atoms with Crippen molar-refractivity contribution in [1.82, 2.24) is 9.55 Å². The Bertz CT molecular complexity index is 1190. The third kappa shape index (κ3) is 3.61. The van der Waals surface area contributed by atoms with Crippen LogP contribution in [0.2, 0.25) is 0 Å². The number of fused-ring (bicyclic) bond motifs is 1. The van der Waals surface area contributed by atoms with E-state index in [4.69, 9.17) is 4.74 Å². The number of thiophene rings is 1. The Hall–Kier alpha value is -3.20. The van der Waals surface area contributed by atoms with Gasteiger partial charge in [0.05, 0.1) is 23.1 Å². The highest BCUT2D eigenvalue weighted by Crippen LogP contribution is 2.29. The smallest absolute Gasteiger partial charge is 0.329 e. The molecule has 0 spiro atoms. The van der Waals surface area contributed by atoms with Crippen molar-refractivity contribution in [1.29, 1.82) is 0 Å². The summed E-state index contributed by atoms with van der Waals surface area (Å²) in [5.74, 6) is -0.0151. The van der Waals surface area contributed by atoms with Crippen LogP contribution in [0, 0.1) is 6.92 Å². The third-order valence-electron chi connectivity index (χ3n) is 4.32. The second-order valence-electron chi connectivity index (χ2n) is 6.25. The van der Waals surface area contributed by atoms with Crippen LogP contribution in [0.25, 0.3) is 10.2 Å². The molecule has 3 aromatic rings. The fraction of sp³-hybridized carbons (Fsp3) is 0.263. The van der Waals surface area contributed by atoms with E-state index < -0.39 is 17.2 Å². The Morgan fingerprint density at radius 2 is 1.96 bits per heavy atom. The zero-order valence-electron chi connectivity index (χ0n) is 15.6. The van der Waals surface area contributed by atoms with Gasteiger partial charge in [-0.05, 0) is 31.5 Å². The van der Waals surface area contributed by atoms with Gasteiger partial charge >= 0.3 is 5.69 Å². The lowest BCUT2D eigenvalue weighted by molar-refractivity contribution is -0.117. The van der Waals surface area contributed by atoms with E-state index in [-0.39, 0.29) is 24.1 Å². The minimum absolute atomic E-state index is 0.00251. The Balaban J connectivity index is 2.03. The molecule has 0 atom stereocenters. The number of carbonyl (C=O) groups is 2. The Labute approximate surface area is 163 Å². The highest BCUT2D eigenvalue weighted by atomic mass is 32.1. The number of H-pyrrole nitrogens is 1. The van der Waals surface area contributed by atoms with Crippen molar-refractivity contribution in [3.8, 4) is 5.75 Å². The summed E-state index contributed by atoms with van der Waals surface area (Å²) in [6.07, 6.45) is 0.0822. The molecule has 0 unspecified atom stereocenters. The molecule has 0 aliphatic rings. The highest BCUT2D eigenvalue weighted by Gasteiger charge is 2.21. The number of nitrogens with zero attached hydrogens (tertiary/aromatic N) is 1. The molecule has 0 bridgehead atoms. The summed E-state index contributed by atoms with van der Waals surface area (Å²) in [6, 6.07) is 6.98. The summed E-state index contributed by atoms with van der Waals surface area (Å²) in [4.78, 5) is 52.2. The van der Waals surface area contributed by atoms with Crippen LogP contribution in [0.15, 0.2) is 33.9 Å². The van der Waals surface area contributed by atoms with Gasteiger partial charge in [-0.25, -0.2) is 4.79 Å². The molecule has 1 amide bonds. The molecule has 2 aromatic heterocycles. The van der Waals surface area contributed by atoms with Gasteiger partial charge in [0.1, 0.15) is 16.4 Å². The summed E-state index contributed by atoms with van der Waals surface area (Å²) in [5.41, 5.74) is -0.133. The number of ketones is 1. The van der Waals surface area contributed by atoms with E-state index in [0.29, 0.717) is 26.7 Å². The third-order valence-corrected chi connectivity index (χ3v) is 5.53. The van der Waals surface area contributed by atoms with Crippen LogP contribution < -0.4 is 21.3 Å². The van der Waals surface area contributed by atoms with Crippen LogP contribution in [0.4, 0.5) is 5.69 Å². The molecule has 0 aliphatic heterocycles. The van der Waals surface area contributed by atoms with Crippen LogP contribution in [0.5, 0.6) is 5.75 Å². The predicted octanol–water partition coefficient (Wildman–Crippen LogP) is 2.30. The molecule has 2 heterocycles. The Morgan fingerprint density at radius 3 is 2.64 bits per heavy atom. The van der Waals surface area contributed by atoms with Crippen molar-refractivity contribution in [3.05, 3.63) is 55.5 Å². The van der Waals surface area contributed by atoms with Gasteiger partial charge in [-0.3, -0.25) is 23.9 Å². The number of methoxy groups -OCH3 is 1. The first kappa shape index (κ1) is 19.6. The number of nitrogens with one attached hydrogen (secondary N) is 2. The second-order valence-corrected chi connectivity index (χ2v) is 7.27. The molecule has 9 heteroatoms. The fourth-order valence-electron chi connectivity index (χ4n) is 2.87. The molecule has 0 saturated heterocycles. The summed E-state index contributed by atoms with van der Waals surface area (Å²) in [7, 11) is 1.50. The van der Waals surface area contributed by atoms with Crippen LogP contribution in [0.1, 0.15) is 28.6 Å². The molecule has 8 nitrogen and oxygen atoms in total. The summed E-state index contributed by atoms with van der Waals surface area (Å²) in [5, 5.41) is 3.05. The zero-order valence-corrected chi connectivity index (χ0v) is 16.4. The number of para-hydroxylation sites is 2. The largest absolute Gasteiger partial charge is 0.495 e. The van der Waals surface area contributed by atoms with Gasteiger partial charge in [0, 0.05) is 13.0 Å². The fourth-order valence-corrected chi connectivity index (χ4v) is 3.95. The maximum atomic E-state index is 12.8. The maximum absolute atomic E-state index is 12.8. The number of aromatic amines is 1. The Morgan fingerprint density at radius 1 is 1.25 bits per heavy atom. The SMILES string of the molecule is COc1ccccc1NC(=O)c1sc2[nH]c(=O)n(CCC(C)=O)c(=O)c2c1C. The first-order valence-electron chi connectivity index (χ1n) is 8.53. The van der Waals surface area contributed by atoms with Gasteiger partial charge in [0.2, 0.25) is 0 Å². The van der Waals surface area contributed by atoms with Crippen molar-refractivity contribution < 1.29 is 14.3 Å². The number of carbonyl (C=O) groups excluding carboxylic acids is 2.